The van der Waals surface area contributed by atoms with Gasteiger partial charge in [-0.25, -0.2) is 0 Å². The lowest BCUT2D eigenvalue weighted by atomic mass is 10.2. The number of hydrogen-bond acceptors (Lipinski definition) is 2. The zero-order valence-corrected chi connectivity index (χ0v) is 11.1. The van der Waals surface area contributed by atoms with E-state index in [2.05, 4.69) is 57.9 Å². The summed E-state index contributed by atoms with van der Waals surface area (Å²) in [5.41, 5.74) is 2.31. The largest absolute Gasteiger partial charge is 0.388 e. The molecule has 2 nitrogen and oxygen atoms in total. The molecule has 0 amide bonds. The molecule has 0 saturated carbocycles. The predicted molar refractivity (Wildman–Crippen MR) is 69.5 cm³/mol. The average Bonchev–Trinajstić information content (AvgIpc) is 2.14. The first-order valence-corrected chi connectivity index (χ1v) is 5.92. The minimum atomic E-state index is 0.430. The molecular weight excluding hydrogens is 184 g/mol. The number of nitrogens with one attached hydrogen (secondary N) is 1. The van der Waals surface area contributed by atoms with Crippen LogP contribution >= 0.6 is 0 Å². The fourth-order valence-corrected chi connectivity index (χ4v) is 1.21. The molecular formula is C13H26N2. The molecule has 0 saturated heterocycles. The highest BCUT2D eigenvalue weighted by molar-refractivity contribution is 5.93. The Morgan fingerprint density at radius 2 is 1.87 bits per heavy atom. The van der Waals surface area contributed by atoms with Crippen molar-refractivity contribution in [1.82, 2.24) is 5.32 Å². The molecule has 1 N–H and O–H groups in total. The number of nitrogens with zero attached hydrogens (tertiary/aromatic N) is 1. The third-order valence-corrected chi connectivity index (χ3v) is 2.23. The second kappa shape index (κ2) is 7.49. The Morgan fingerprint density at radius 1 is 1.27 bits per heavy atom. The molecule has 0 fully saturated rings. The molecule has 0 aliphatic carbocycles. The first-order valence-electron chi connectivity index (χ1n) is 5.92. The Kier molecular flexibility index (Phi) is 7.10. The van der Waals surface area contributed by atoms with E-state index in [9.17, 15) is 0 Å². The lowest BCUT2D eigenvalue weighted by molar-refractivity contribution is 0.596. The van der Waals surface area contributed by atoms with Crippen molar-refractivity contribution in [2.75, 3.05) is 6.54 Å². The van der Waals surface area contributed by atoms with Crippen molar-refractivity contribution in [2.24, 2.45) is 10.9 Å². The molecule has 2 heteroatoms. The Bertz CT molecular complexity index is 227. The molecule has 0 aliphatic rings. The summed E-state index contributed by atoms with van der Waals surface area (Å²) in [5, 5.41) is 3.38. The predicted octanol–water partition coefficient (Wildman–Crippen LogP) is 3.40. The summed E-state index contributed by atoms with van der Waals surface area (Å²) < 4.78 is 0. The zero-order chi connectivity index (χ0) is 11.8. The molecule has 0 radical (unpaired) electrons. The lowest BCUT2D eigenvalue weighted by Gasteiger charge is -2.09. The molecule has 0 aliphatic heterocycles. The summed E-state index contributed by atoms with van der Waals surface area (Å²) in [6.45, 7) is 13.9. The van der Waals surface area contributed by atoms with Crippen LogP contribution in [0.2, 0.25) is 0 Å². The van der Waals surface area contributed by atoms with Gasteiger partial charge in [-0.05, 0) is 39.2 Å². The van der Waals surface area contributed by atoms with E-state index < -0.39 is 0 Å². The Balaban J connectivity index is 4.16. The van der Waals surface area contributed by atoms with Crippen LogP contribution in [0, 0.1) is 5.92 Å². The van der Waals surface area contributed by atoms with Crippen LogP contribution in [-0.4, -0.2) is 18.3 Å². The van der Waals surface area contributed by atoms with Gasteiger partial charge in [0.2, 0.25) is 0 Å². The maximum atomic E-state index is 4.56. The van der Waals surface area contributed by atoms with Gasteiger partial charge in [-0.2, -0.15) is 0 Å². The topological polar surface area (TPSA) is 24.4 Å². The Hall–Kier alpha value is -0.790. The van der Waals surface area contributed by atoms with Crippen LogP contribution in [-0.2, 0) is 0 Å². The summed E-state index contributed by atoms with van der Waals surface area (Å²) in [6.07, 6.45) is 3.22. The number of hydrogen-bond donors (Lipinski definition) is 1. The second-order valence-corrected chi connectivity index (χ2v) is 4.63. The molecule has 0 aromatic rings. The fraction of sp³-hybridized carbons (Fsp3) is 0.769. The molecule has 1 unspecified atom stereocenters. The van der Waals surface area contributed by atoms with Crippen molar-refractivity contribution >= 4 is 5.71 Å². The van der Waals surface area contributed by atoms with E-state index in [4.69, 9.17) is 0 Å². The third-order valence-electron chi connectivity index (χ3n) is 2.23. The van der Waals surface area contributed by atoms with Gasteiger partial charge >= 0.3 is 0 Å². The molecule has 15 heavy (non-hydrogen) atoms. The van der Waals surface area contributed by atoms with Crippen LogP contribution in [0.3, 0.4) is 0 Å². The molecule has 88 valence electrons. The summed E-state index contributed by atoms with van der Waals surface area (Å²) >= 11 is 0. The van der Waals surface area contributed by atoms with Gasteiger partial charge in [0.05, 0.1) is 0 Å². The molecule has 0 spiro atoms. The molecule has 0 heterocycles. The lowest BCUT2D eigenvalue weighted by Crippen LogP contribution is -2.18. The minimum absolute atomic E-state index is 0.430. The molecule has 0 aromatic heterocycles. The third kappa shape index (κ3) is 8.22. The summed E-state index contributed by atoms with van der Waals surface area (Å²) in [7, 11) is 0. The monoisotopic (exact) mass is 210 g/mol. The zero-order valence-electron chi connectivity index (χ0n) is 11.1. The van der Waals surface area contributed by atoms with Gasteiger partial charge in [0.1, 0.15) is 0 Å². The van der Waals surface area contributed by atoms with Crippen LogP contribution < -0.4 is 5.32 Å². The Morgan fingerprint density at radius 3 is 2.33 bits per heavy atom. The Labute approximate surface area is 94.9 Å². The van der Waals surface area contributed by atoms with Crippen LogP contribution in [0.5, 0.6) is 0 Å². The van der Waals surface area contributed by atoms with E-state index in [1.165, 1.54) is 5.70 Å². The van der Waals surface area contributed by atoms with Gasteiger partial charge in [-0.15, -0.1) is 0 Å². The van der Waals surface area contributed by atoms with Gasteiger partial charge in [0.15, 0.2) is 0 Å². The second-order valence-electron chi connectivity index (χ2n) is 4.63. The van der Waals surface area contributed by atoms with Gasteiger partial charge in [0.25, 0.3) is 0 Å². The maximum Gasteiger partial charge on any atom is 0.0472 e. The van der Waals surface area contributed by atoms with E-state index in [1.807, 2.05) is 0 Å². The molecule has 0 bridgehead atoms. The van der Waals surface area contributed by atoms with Crippen molar-refractivity contribution in [1.29, 1.82) is 0 Å². The van der Waals surface area contributed by atoms with Crippen molar-refractivity contribution in [3.05, 3.63) is 11.8 Å². The van der Waals surface area contributed by atoms with Gasteiger partial charge < -0.3 is 5.32 Å². The fourth-order valence-electron chi connectivity index (χ4n) is 1.21. The molecule has 0 rings (SSSR count). The van der Waals surface area contributed by atoms with Crippen LogP contribution in [0.25, 0.3) is 0 Å². The van der Waals surface area contributed by atoms with E-state index in [-0.39, 0.29) is 0 Å². The first-order chi connectivity index (χ1) is 6.95. The SMILES string of the molecule is CCC(C)N=C(C)C=C(C)NCC(C)C. The molecule has 0 aromatic carbocycles. The summed E-state index contributed by atoms with van der Waals surface area (Å²) in [4.78, 5) is 4.56. The maximum absolute atomic E-state index is 4.56. The van der Waals surface area contributed by atoms with E-state index in [0.717, 1.165) is 18.7 Å². The van der Waals surface area contributed by atoms with Crippen LogP contribution in [0.15, 0.2) is 16.8 Å². The average molecular weight is 210 g/mol. The highest BCUT2D eigenvalue weighted by Gasteiger charge is 1.96. The number of allylic oxidation sites excluding steroid dienone is 2. The minimum Gasteiger partial charge on any atom is -0.388 e. The van der Waals surface area contributed by atoms with Crippen molar-refractivity contribution in [2.45, 2.75) is 54.0 Å². The summed E-state index contributed by atoms with van der Waals surface area (Å²) in [5.74, 6) is 0.681. The van der Waals surface area contributed by atoms with Gasteiger partial charge in [-0.3, -0.25) is 4.99 Å². The van der Waals surface area contributed by atoms with Crippen LogP contribution in [0.4, 0.5) is 0 Å². The van der Waals surface area contributed by atoms with Crippen molar-refractivity contribution in [3.8, 4) is 0 Å². The van der Waals surface area contributed by atoms with E-state index >= 15 is 0 Å². The van der Waals surface area contributed by atoms with E-state index in [1.54, 1.807) is 0 Å². The van der Waals surface area contributed by atoms with Crippen molar-refractivity contribution in [3.63, 3.8) is 0 Å². The highest BCUT2D eigenvalue weighted by Crippen LogP contribution is 1.99. The van der Waals surface area contributed by atoms with Crippen LogP contribution in [0.1, 0.15) is 48.0 Å². The smallest absolute Gasteiger partial charge is 0.0472 e. The summed E-state index contributed by atoms with van der Waals surface area (Å²) in [6, 6.07) is 0.430. The molecule has 1 atom stereocenters. The van der Waals surface area contributed by atoms with Crippen molar-refractivity contribution < 1.29 is 0 Å². The standard InChI is InChI=1S/C13H26N2/c1-7-11(4)15-13(6)8-12(5)14-9-10(2)3/h8,10-11,14H,7,9H2,1-6H3. The quantitative estimate of drug-likeness (QED) is 0.668. The first kappa shape index (κ1) is 14.2. The van der Waals surface area contributed by atoms with E-state index in [0.29, 0.717) is 12.0 Å². The highest BCUT2D eigenvalue weighted by atomic mass is 14.9. The number of aliphatic imine (C=N–C) groups is 1. The normalized spacial score (nSPS) is 15.7. The van der Waals surface area contributed by atoms with Gasteiger partial charge in [-0.1, -0.05) is 20.8 Å². The van der Waals surface area contributed by atoms with Gasteiger partial charge in [0, 0.05) is 24.0 Å². The number of rotatable bonds is 6.